The minimum atomic E-state index is -0.146. The van der Waals surface area contributed by atoms with Gasteiger partial charge in [0.05, 0.1) is 4.88 Å². The second-order valence-corrected chi connectivity index (χ2v) is 9.47. The predicted molar refractivity (Wildman–Crippen MR) is 127 cm³/mol. The maximum absolute atomic E-state index is 13.0. The molecule has 29 heavy (non-hydrogen) atoms. The Morgan fingerprint density at radius 2 is 1.76 bits per heavy atom. The summed E-state index contributed by atoms with van der Waals surface area (Å²) in [5.74, 6) is -0.233. The first-order valence-corrected chi connectivity index (χ1v) is 11.4. The summed E-state index contributed by atoms with van der Waals surface area (Å²) >= 11 is 3.72. The highest BCUT2D eigenvalue weighted by molar-refractivity contribution is 14.1. The fourth-order valence-corrected chi connectivity index (χ4v) is 4.48. The molecule has 1 aliphatic rings. The zero-order chi connectivity index (χ0) is 20.5. The van der Waals surface area contributed by atoms with Crippen LogP contribution in [0.5, 0.6) is 0 Å². The first-order valence-electron chi connectivity index (χ1n) is 9.49. The molecule has 0 unspecified atom stereocenters. The number of hydrogen-bond acceptors (Lipinski definition) is 3. The van der Waals surface area contributed by atoms with Crippen molar-refractivity contribution >= 4 is 51.4 Å². The number of rotatable bonds is 5. The monoisotopic (exact) mass is 516 g/mol. The lowest BCUT2D eigenvalue weighted by molar-refractivity contribution is 0.0949. The molecule has 0 bridgehead atoms. The summed E-state index contributed by atoms with van der Waals surface area (Å²) in [6.45, 7) is 3.90. The summed E-state index contributed by atoms with van der Waals surface area (Å²) in [6, 6.07) is 14.0. The SMILES string of the molecule is Cc1ccc(C(=O)NC2CC2)cc1NC(=O)c1scc(-c2ccc(I)cc2)c1C. The van der Waals surface area contributed by atoms with Gasteiger partial charge in [0.25, 0.3) is 11.8 Å². The van der Waals surface area contributed by atoms with Crippen LogP contribution >= 0.6 is 33.9 Å². The molecule has 0 radical (unpaired) electrons. The van der Waals surface area contributed by atoms with E-state index >= 15 is 0 Å². The van der Waals surface area contributed by atoms with Crippen molar-refractivity contribution in [3.63, 3.8) is 0 Å². The molecule has 2 aromatic carbocycles. The molecule has 4 nitrogen and oxygen atoms in total. The van der Waals surface area contributed by atoms with Crippen LogP contribution < -0.4 is 10.6 Å². The second kappa shape index (κ2) is 8.28. The number of carbonyl (C=O) groups excluding carboxylic acids is 2. The first kappa shape index (κ1) is 20.1. The van der Waals surface area contributed by atoms with E-state index in [1.54, 1.807) is 12.1 Å². The van der Waals surface area contributed by atoms with Crippen molar-refractivity contribution in [2.24, 2.45) is 0 Å². The standard InChI is InChI=1S/C23H21IN2O2S/c1-13-3-4-16(22(27)25-18-9-10-18)11-20(13)26-23(28)21-14(2)19(12-29-21)15-5-7-17(24)8-6-15/h3-8,11-12,18H,9-10H2,1-2H3,(H,25,27)(H,26,28). The van der Waals surface area contributed by atoms with Crippen LogP contribution in [0.1, 0.15) is 44.0 Å². The second-order valence-electron chi connectivity index (χ2n) is 7.34. The van der Waals surface area contributed by atoms with E-state index < -0.39 is 0 Å². The van der Waals surface area contributed by atoms with Crippen molar-refractivity contribution in [3.8, 4) is 11.1 Å². The number of benzene rings is 2. The Balaban J connectivity index is 1.55. The zero-order valence-electron chi connectivity index (χ0n) is 16.2. The van der Waals surface area contributed by atoms with Crippen molar-refractivity contribution in [1.82, 2.24) is 5.32 Å². The molecule has 0 saturated heterocycles. The molecule has 6 heteroatoms. The van der Waals surface area contributed by atoms with Gasteiger partial charge in [0.15, 0.2) is 0 Å². The molecule has 148 valence electrons. The molecule has 0 aliphatic heterocycles. The molecular weight excluding hydrogens is 495 g/mol. The molecule has 3 aromatic rings. The highest BCUT2D eigenvalue weighted by Crippen LogP contribution is 2.32. The number of thiophene rings is 1. The molecule has 1 saturated carbocycles. The average Bonchev–Trinajstić information content (AvgIpc) is 3.43. The maximum Gasteiger partial charge on any atom is 0.266 e. The average molecular weight is 516 g/mol. The van der Waals surface area contributed by atoms with Gasteiger partial charge in [-0.1, -0.05) is 18.2 Å². The van der Waals surface area contributed by atoms with Crippen molar-refractivity contribution in [3.05, 3.63) is 73.0 Å². The summed E-state index contributed by atoms with van der Waals surface area (Å²) in [4.78, 5) is 26.0. The molecular formula is C23H21IN2O2S. The van der Waals surface area contributed by atoms with Gasteiger partial charge in [-0.25, -0.2) is 0 Å². The normalized spacial score (nSPS) is 13.2. The smallest absolute Gasteiger partial charge is 0.266 e. The van der Waals surface area contributed by atoms with Crippen LogP contribution in [0.15, 0.2) is 47.8 Å². The Hall–Kier alpha value is -2.19. The third-order valence-electron chi connectivity index (χ3n) is 5.06. The van der Waals surface area contributed by atoms with Gasteiger partial charge < -0.3 is 10.6 Å². The minimum Gasteiger partial charge on any atom is -0.349 e. The van der Waals surface area contributed by atoms with Gasteiger partial charge >= 0.3 is 0 Å². The van der Waals surface area contributed by atoms with Crippen LogP contribution in [0.4, 0.5) is 5.69 Å². The van der Waals surface area contributed by atoms with E-state index in [4.69, 9.17) is 0 Å². The van der Waals surface area contributed by atoms with Crippen LogP contribution in [-0.4, -0.2) is 17.9 Å². The lowest BCUT2D eigenvalue weighted by atomic mass is 10.0. The van der Waals surface area contributed by atoms with Crippen LogP contribution in [0.25, 0.3) is 11.1 Å². The van der Waals surface area contributed by atoms with Gasteiger partial charge in [0, 0.05) is 20.9 Å². The molecule has 0 spiro atoms. The lowest BCUT2D eigenvalue weighted by Crippen LogP contribution is -2.25. The minimum absolute atomic E-state index is 0.0868. The van der Waals surface area contributed by atoms with Crippen molar-refractivity contribution in [2.75, 3.05) is 5.32 Å². The first-order chi connectivity index (χ1) is 13.9. The quantitative estimate of drug-likeness (QED) is 0.423. The van der Waals surface area contributed by atoms with E-state index in [1.165, 1.54) is 14.9 Å². The Morgan fingerprint density at radius 3 is 2.45 bits per heavy atom. The molecule has 4 rings (SSSR count). The summed E-state index contributed by atoms with van der Waals surface area (Å²) in [7, 11) is 0. The van der Waals surface area contributed by atoms with E-state index in [9.17, 15) is 9.59 Å². The zero-order valence-corrected chi connectivity index (χ0v) is 19.2. The molecule has 1 fully saturated rings. The van der Waals surface area contributed by atoms with Gasteiger partial charge in [-0.2, -0.15) is 0 Å². The third-order valence-corrected chi connectivity index (χ3v) is 6.86. The highest BCUT2D eigenvalue weighted by atomic mass is 127. The van der Waals surface area contributed by atoms with E-state index in [0.29, 0.717) is 22.2 Å². The Morgan fingerprint density at radius 1 is 1.03 bits per heavy atom. The van der Waals surface area contributed by atoms with Gasteiger partial charge in [-0.05, 0) is 101 Å². The molecule has 2 amide bonds. The largest absolute Gasteiger partial charge is 0.349 e. The molecule has 0 atom stereocenters. The van der Waals surface area contributed by atoms with Crippen molar-refractivity contribution < 1.29 is 9.59 Å². The van der Waals surface area contributed by atoms with Gasteiger partial charge in [0.1, 0.15) is 0 Å². The Bertz CT molecular complexity index is 1080. The van der Waals surface area contributed by atoms with E-state index in [-0.39, 0.29) is 11.8 Å². The summed E-state index contributed by atoms with van der Waals surface area (Å²) in [6.07, 6.45) is 2.09. The topological polar surface area (TPSA) is 58.2 Å². The van der Waals surface area contributed by atoms with E-state index in [2.05, 4.69) is 57.5 Å². The molecule has 1 aliphatic carbocycles. The fraction of sp³-hybridized carbons (Fsp3) is 0.217. The number of amides is 2. The van der Waals surface area contributed by atoms with Crippen LogP contribution in [0.3, 0.4) is 0 Å². The van der Waals surface area contributed by atoms with Crippen molar-refractivity contribution in [1.29, 1.82) is 0 Å². The van der Waals surface area contributed by atoms with Gasteiger partial charge in [0.2, 0.25) is 0 Å². The number of aryl methyl sites for hydroxylation is 1. The number of anilines is 1. The third kappa shape index (κ3) is 4.53. The van der Waals surface area contributed by atoms with Crippen LogP contribution in [-0.2, 0) is 0 Å². The Labute approximate surface area is 187 Å². The number of halogens is 1. The van der Waals surface area contributed by atoms with Gasteiger partial charge in [-0.15, -0.1) is 11.3 Å². The molecule has 1 heterocycles. The number of carbonyl (C=O) groups is 2. The van der Waals surface area contributed by atoms with Gasteiger partial charge in [-0.3, -0.25) is 9.59 Å². The van der Waals surface area contributed by atoms with Crippen LogP contribution in [0, 0.1) is 17.4 Å². The fourth-order valence-electron chi connectivity index (χ4n) is 3.13. The highest BCUT2D eigenvalue weighted by Gasteiger charge is 2.24. The predicted octanol–water partition coefficient (Wildman–Crippen LogP) is 5.78. The summed E-state index contributed by atoms with van der Waals surface area (Å²) in [5.41, 5.74) is 5.31. The lowest BCUT2D eigenvalue weighted by Gasteiger charge is -2.11. The summed E-state index contributed by atoms with van der Waals surface area (Å²) in [5, 5.41) is 8.01. The molecule has 2 N–H and O–H groups in total. The van der Waals surface area contributed by atoms with Crippen LogP contribution in [0.2, 0.25) is 0 Å². The Kier molecular flexibility index (Phi) is 5.74. The number of hydrogen-bond donors (Lipinski definition) is 2. The van der Waals surface area contributed by atoms with E-state index in [0.717, 1.165) is 35.1 Å². The maximum atomic E-state index is 13.0. The number of nitrogens with one attached hydrogen (secondary N) is 2. The summed E-state index contributed by atoms with van der Waals surface area (Å²) < 4.78 is 1.18. The van der Waals surface area contributed by atoms with Crippen molar-refractivity contribution in [2.45, 2.75) is 32.7 Å². The molecule has 1 aromatic heterocycles. The van der Waals surface area contributed by atoms with E-state index in [1.807, 2.05) is 25.3 Å².